The van der Waals surface area contributed by atoms with Crippen molar-refractivity contribution in [2.45, 2.75) is 51.3 Å². The van der Waals surface area contributed by atoms with Gasteiger partial charge in [-0.1, -0.05) is 41.9 Å². The third kappa shape index (κ3) is 8.40. The number of carboxylic acids is 1. The van der Waals surface area contributed by atoms with Gasteiger partial charge >= 0.3 is 12.1 Å². The van der Waals surface area contributed by atoms with E-state index >= 15 is 0 Å². The maximum absolute atomic E-state index is 12.5. The van der Waals surface area contributed by atoms with Crippen LogP contribution in [0.5, 0.6) is 5.75 Å². The third-order valence-corrected chi connectivity index (χ3v) is 7.97. The van der Waals surface area contributed by atoms with Crippen molar-refractivity contribution in [1.29, 1.82) is 5.26 Å². The molecule has 0 radical (unpaired) electrons. The fourth-order valence-corrected chi connectivity index (χ4v) is 5.94. The number of aryl methyl sites for hydroxylation is 2. The van der Waals surface area contributed by atoms with Crippen LogP contribution < -0.4 is 4.74 Å². The van der Waals surface area contributed by atoms with Crippen LogP contribution >= 0.6 is 11.6 Å². The molecule has 3 aromatic rings. The Hall–Kier alpha value is -3.87. The number of alkyl halides is 4. The van der Waals surface area contributed by atoms with Crippen molar-refractivity contribution >= 4 is 28.7 Å². The number of ether oxygens (including phenoxy) is 1. The van der Waals surface area contributed by atoms with Gasteiger partial charge in [-0.15, -0.1) is 0 Å². The average molecular weight is 629 g/mol. The Labute approximate surface area is 259 Å². The van der Waals surface area contributed by atoms with Crippen LogP contribution in [0.25, 0.3) is 11.1 Å². The van der Waals surface area contributed by atoms with Crippen molar-refractivity contribution in [1.82, 2.24) is 4.90 Å². The number of fused-ring (bicyclic) bond motifs is 1. The highest BCUT2D eigenvalue weighted by molar-refractivity contribution is 6.32. The van der Waals surface area contributed by atoms with E-state index in [0.29, 0.717) is 12.0 Å². The van der Waals surface area contributed by atoms with Gasteiger partial charge in [0.25, 0.3) is 0 Å². The maximum atomic E-state index is 12.5. The van der Waals surface area contributed by atoms with Gasteiger partial charge < -0.3 is 9.84 Å². The summed E-state index contributed by atoms with van der Waals surface area (Å²) in [6.07, 6.45) is -0.584. The second-order valence-electron chi connectivity index (χ2n) is 10.9. The lowest BCUT2D eigenvalue weighted by atomic mass is 9.87. The quantitative estimate of drug-likeness (QED) is 0.267. The van der Waals surface area contributed by atoms with Gasteiger partial charge in [-0.2, -0.15) is 18.4 Å². The molecule has 3 aromatic carbocycles. The van der Waals surface area contributed by atoms with E-state index in [1.54, 1.807) is 0 Å². The van der Waals surface area contributed by atoms with Gasteiger partial charge in [-0.25, -0.2) is 4.79 Å². The molecular formula is C34H33ClF4N2O3. The second kappa shape index (κ2) is 14.7. The van der Waals surface area contributed by atoms with E-state index < -0.39 is 12.1 Å². The van der Waals surface area contributed by atoms with Gasteiger partial charge in [0.15, 0.2) is 0 Å². The molecule has 1 aliphatic heterocycles. The highest BCUT2D eigenvalue weighted by Gasteiger charge is 2.38. The fourth-order valence-electron chi connectivity index (χ4n) is 5.59. The lowest BCUT2D eigenvalue weighted by Crippen LogP contribution is -2.26. The van der Waals surface area contributed by atoms with E-state index in [9.17, 15) is 22.8 Å². The highest BCUT2D eigenvalue weighted by atomic mass is 35.5. The van der Waals surface area contributed by atoms with Crippen LogP contribution in [0.1, 0.15) is 59.1 Å². The molecular weight excluding hydrogens is 596 g/mol. The lowest BCUT2D eigenvalue weighted by Gasteiger charge is -2.19. The Morgan fingerprint density at radius 2 is 1.80 bits per heavy atom. The molecule has 0 unspecified atom stereocenters. The molecule has 0 saturated carbocycles. The number of aliphatic carboxylic acids is 1. The molecule has 0 spiro atoms. The first kappa shape index (κ1) is 33.0. The molecule has 1 saturated heterocycles. The first-order chi connectivity index (χ1) is 21.0. The Bertz CT molecular complexity index is 1550. The fraction of sp³-hybridized carbons (Fsp3) is 0.353. The zero-order chi connectivity index (χ0) is 31.9. The van der Waals surface area contributed by atoms with E-state index in [2.05, 4.69) is 60.4 Å². The van der Waals surface area contributed by atoms with Gasteiger partial charge in [0.1, 0.15) is 11.9 Å². The minimum absolute atomic E-state index is 0.134. The standard InChI is InChI=1S/C32H32ClFN2O.C2HF3O2/c1-22-6-12-29(31(33)18-22)30-5-2-4-25-19-23(20-35)7-13-28(25)32(30)24-8-10-26(11-9-24)37-27-14-17-36(21-27)16-3-15-34;3-2(4,5)1(6)7/h6-13,18-19,27H,2-5,14-17,21H2,1H3;(H,6,7)/t27-;/m0./s1. The molecule has 44 heavy (non-hydrogen) atoms. The normalized spacial score (nSPS) is 16.8. The van der Waals surface area contributed by atoms with Crippen LogP contribution in [0.3, 0.4) is 0 Å². The monoisotopic (exact) mass is 628 g/mol. The molecule has 1 atom stereocenters. The summed E-state index contributed by atoms with van der Waals surface area (Å²) in [6.45, 7) is 4.38. The van der Waals surface area contributed by atoms with Crippen LogP contribution in [-0.4, -0.2) is 54.6 Å². The van der Waals surface area contributed by atoms with Crippen LogP contribution in [0.2, 0.25) is 5.02 Å². The summed E-state index contributed by atoms with van der Waals surface area (Å²) >= 11 is 6.79. The van der Waals surface area contributed by atoms with E-state index in [1.165, 1.54) is 16.7 Å². The predicted octanol–water partition coefficient (Wildman–Crippen LogP) is 8.26. The van der Waals surface area contributed by atoms with Gasteiger partial charge in [-0.05, 0) is 108 Å². The lowest BCUT2D eigenvalue weighted by molar-refractivity contribution is -0.192. The van der Waals surface area contributed by atoms with E-state index in [4.69, 9.17) is 26.2 Å². The first-order valence-electron chi connectivity index (χ1n) is 14.4. The molecule has 2 aliphatic rings. The van der Waals surface area contributed by atoms with Gasteiger partial charge in [0, 0.05) is 24.7 Å². The number of hydrogen-bond acceptors (Lipinski definition) is 4. The summed E-state index contributed by atoms with van der Waals surface area (Å²) in [4.78, 5) is 11.2. The topological polar surface area (TPSA) is 73.6 Å². The zero-order valence-electron chi connectivity index (χ0n) is 24.3. The summed E-state index contributed by atoms with van der Waals surface area (Å²) < 4.78 is 50.6. The SMILES string of the molecule is Cc1ccc(C2=C(c3ccc(O[C@H]4CCN(CCCF)C4)cc3)c3ccc(C#N)cc3CCC2)c(Cl)c1.O=C(O)C(F)(F)F. The Kier molecular flexibility index (Phi) is 11.1. The molecule has 1 N–H and O–H groups in total. The van der Waals surface area contributed by atoms with Crippen molar-refractivity contribution in [2.24, 2.45) is 0 Å². The van der Waals surface area contributed by atoms with Crippen molar-refractivity contribution in [3.05, 3.63) is 99.1 Å². The van der Waals surface area contributed by atoms with Crippen LogP contribution in [0.4, 0.5) is 17.6 Å². The third-order valence-electron chi connectivity index (χ3n) is 7.65. The van der Waals surface area contributed by atoms with E-state index in [1.807, 2.05) is 18.2 Å². The highest BCUT2D eigenvalue weighted by Crippen LogP contribution is 2.42. The van der Waals surface area contributed by atoms with Crippen molar-refractivity contribution in [3.63, 3.8) is 0 Å². The largest absolute Gasteiger partial charge is 0.490 e. The number of carbonyl (C=O) groups is 1. The Morgan fingerprint density at radius 3 is 2.43 bits per heavy atom. The molecule has 5 nitrogen and oxygen atoms in total. The van der Waals surface area contributed by atoms with E-state index in [-0.39, 0.29) is 12.8 Å². The zero-order valence-corrected chi connectivity index (χ0v) is 25.0. The predicted molar refractivity (Wildman–Crippen MR) is 162 cm³/mol. The number of benzene rings is 3. The average Bonchev–Trinajstić information content (AvgIpc) is 3.35. The number of rotatable bonds is 7. The molecule has 1 fully saturated rings. The minimum atomic E-state index is -5.08. The summed E-state index contributed by atoms with van der Waals surface area (Å²) in [5.41, 5.74) is 8.79. The number of hydrogen-bond donors (Lipinski definition) is 1. The summed E-state index contributed by atoms with van der Waals surface area (Å²) in [5.74, 6) is -1.90. The molecule has 232 valence electrons. The summed E-state index contributed by atoms with van der Waals surface area (Å²) in [7, 11) is 0. The molecule has 5 rings (SSSR count). The van der Waals surface area contributed by atoms with E-state index in [0.717, 1.165) is 78.3 Å². The number of likely N-dealkylation sites (tertiary alicyclic amines) is 1. The first-order valence-corrected chi connectivity index (χ1v) is 14.8. The number of allylic oxidation sites excluding steroid dienone is 1. The molecule has 10 heteroatoms. The molecule has 1 aliphatic carbocycles. The maximum Gasteiger partial charge on any atom is 0.490 e. The Morgan fingerprint density at radius 1 is 1.09 bits per heavy atom. The van der Waals surface area contributed by atoms with Crippen molar-refractivity contribution < 1.29 is 32.2 Å². The second-order valence-corrected chi connectivity index (χ2v) is 11.3. The smallest absolute Gasteiger partial charge is 0.489 e. The van der Waals surface area contributed by atoms with Gasteiger partial charge in [-0.3, -0.25) is 9.29 Å². The summed E-state index contributed by atoms with van der Waals surface area (Å²) in [5, 5.41) is 17.4. The summed E-state index contributed by atoms with van der Waals surface area (Å²) in [6, 6.07) is 23.0. The van der Waals surface area contributed by atoms with Crippen molar-refractivity contribution in [3.8, 4) is 11.8 Å². The molecule has 0 amide bonds. The number of halogens is 5. The molecule has 1 heterocycles. The van der Waals surface area contributed by atoms with Crippen molar-refractivity contribution in [2.75, 3.05) is 26.3 Å². The van der Waals surface area contributed by atoms with Crippen LogP contribution in [-0.2, 0) is 11.2 Å². The number of nitrogens with zero attached hydrogens (tertiary/aromatic N) is 2. The number of nitriles is 1. The van der Waals surface area contributed by atoms with Crippen LogP contribution in [0, 0.1) is 18.3 Å². The Balaban J connectivity index is 0.000000566. The van der Waals surface area contributed by atoms with Gasteiger partial charge in [0.2, 0.25) is 0 Å². The molecule has 0 bridgehead atoms. The van der Waals surface area contributed by atoms with Crippen LogP contribution in [0.15, 0.2) is 60.7 Å². The van der Waals surface area contributed by atoms with Gasteiger partial charge in [0.05, 0.1) is 18.3 Å². The minimum Gasteiger partial charge on any atom is -0.489 e. The number of carboxylic acid groups (broad SMARTS) is 1. The molecule has 0 aromatic heterocycles.